The van der Waals surface area contributed by atoms with E-state index in [0.717, 1.165) is 44.5 Å². The lowest BCUT2D eigenvalue weighted by atomic mass is 9.83. The van der Waals surface area contributed by atoms with Crippen molar-refractivity contribution in [2.45, 2.75) is 9.79 Å². The summed E-state index contributed by atoms with van der Waals surface area (Å²) in [6, 6.07) is 35.5. The van der Waals surface area contributed by atoms with Crippen LogP contribution in [0.3, 0.4) is 0 Å². The predicted molar refractivity (Wildman–Crippen MR) is 148 cm³/mol. The van der Waals surface area contributed by atoms with Gasteiger partial charge in [-0.25, -0.2) is 0 Å². The average molecular weight is 543 g/mol. The van der Waals surface area contributed by atoms with Crippen molar-refractivity contribution in [3.63, 3.8) is 0 Å². The molecule has 5 rings (SSSR count). The van der Waals surface area contributed by atoms with Gasteiger partial charge < -0.3 is 0 Å². The molecule has 0 unspecified atom stereocenters. The monoisotopic (exact) mass is 542 g/mol. The molecule has 5 aromatic carbocycles. The molecule has 0 aliphatic rings. The molecule has 0 atom stereocenters. The van der Waals surface area contributed by atoms with E-state index < -0.39 is 20.2 Å². The van der Waals surface area contributed by atoms with E-state index >= 15 is 0 Å². The third-order valence-electron chi connectivity index (χ3n) is 6.26. The van der Waals surface area contributed by atoms with Crippen LogP contribution in [0.15, 0.2) is 131 Å². The Morgan fingerprint density at radius 3 is 0.974 bits per heavy atom. The first-order valence-corrected chi connectivity index (χ1v) is 14.4. The van der Waals surface area contributed by atoms with Gasteiger partial charge in [-0.15, -0.1) is 0 Å². The Kier molecular flexibility index (Phi) is 6.73. The van der Waals surface area contributed by atoms with Gasteiger partial charge in [0.05, 0.1) is 9.79 Å². The highest BCUT2D eigenvalue weighted by molar-refractivity contribution is 7.86. The van der Waals surface area contributed by atoms with E-state index in [2.05, 4.69) is 0 Å². The van der Waals surface area contributed by atoms with Crippen LogP contribution >= 0.6 is 0 Å². The summed E-state index contributed by atoms with van der Waals surface area (Å²) in [5, 5.41) is 0. The third-order valence-corrected chi connectivity index (χ3v) is 7.99. The van der Waals surface area contributed by atoms with Gasteiger partial charge in [0, 0.05) is 0 Å². The molecule has 0 amide bonds. The summed E-state index contributed by atoms with van der Waals surface area (Å²) in [5.41, 5.74) is 6.84. The molecule has 0 fully saturated rings. The zero-order valence-corrected chi connectivity index (χ0v) is 21.5. The zero-order valence-electron chi connectivity index (χ0n) is 19.9. The van der Waals surface area contributed by atoms with Crippen molar-refractivity contribution < 1.29 is 25.9 Å². The highest BCUT2D eigenvalue weighted by Crippen LogP contribution is 2.45. The van der Waals surface area contributed by atoms with Crippen molar-refractivity contribution in [2.24, 2.45) is 0 Å². The van der Waals surface area contributed by atoms with Gasteiger partial charge in [0.2, 0.25) is 0 Å². The quantitative estimate of drug-likeness (QED) is 0.227. The second-order valence-corrected chi connectivity index (χ2v) is 11.5. The zero-order chi connectivity index (χ0) is 26.9. The van der Waals surface area contributed by atoms with Crippen molar-refractivity contribution >= 4 is 20.2 Å². The Bertz CT molecular complexity index is 1680. The molecule has 5 aromatic rings. The molecule has 6 nitrogen and oxygen atoms in total. The molecule has 0 bridgehead atoms. The summed E-state index contributed by atoms with van der Waals surface area (Å²) >= 11 is 0. The van der Waals surface area contributed by atoms with Crippen molar-refractivity contribution in [2.75, 3.05) is 0 Å². The van der Waals surface area contributed by atoms with Crippen molar-refractivity contribution in [3.8, 4) is 44.5 Å². The first kappa shape index (κ1) is 25.6. The van der Waals surface area contributed by atoms with E-state index in [1.54, 1.807) is 24.3 Å². The van der Waals surface area contributed by atoms with Crippen LogP contribution in [0.4, 0.5) is 0 Å². The summed E-state index contributed by atoms with van der Waals surface area (Å²) in [5.74, 6) is 0. The van der Waals surface area contributed by atoms with Crippen LogP contribution < -0.4 is 0 Å². The standard InChI is InChI=1S/C30H22O6S2/c31-37(32,33)25-15-11-21(12-16-25)27-19-20-28(22-13-17-26(18-14-22)38(34,35)36)30(24-9-5-2-6-10-24)29(27)23-7-3-1-4-8-23/h1-20H,(H,31,32,33)(H,34,35,36). The second kappa shape index (κ2) is 10.00. The van der Waals surface area contributed by atoms with Crippen molar-refractivity contribution in [3.05, 3.63) is 121 Å². The number of benzene rings is 5. The fourth-order valence-electron chi connectivity index (χ4n) is 4.51. The summed E-state index contributed by atoms with van der Waals surface area (Å²) in [6.45, 7) is 0. The van der Waals surface area contributed by atoms with Gasteiger partial charge in [0.15, 0.2) is 0 Å². The van der Waals surface area contributed by atoms with E-state index in [4.69, 9.17) is 0 Å². The maximum atomic E-state index is 11.6. The summed E-state index contributed by atoms with van der Waals surface area (Å²) in [6.07, 6.45) is 0. The fraction of sp³-hybridized carbons (Fsp3) is 0. The van der Waals surface area contributed by atoms with Crippen LogP contribution in [-0.2, 0) is 20.2 Å². The van der Waals surface area contributed by atoms with Crippen LogP contribution in [-0.4, -0.2) is 25.9 Å². The van der Waals surface area contributed by atoms with Crippen molar-refractivity contribution in [1.29, 1.82) is 0 Å². The molecule has 38 heavy (non-hydrogen) atoms. The Labute approximate surface area is 221 Å². The SMILES string of the molecule is O=S(=O)(O)c1ccc(-c2ccc(-c3ccc(S(=O)(=O)O)cc3)c(-c3ccccc3)c2-c2ccccc2)cc1. The lowest BCUT2D eigenvalue weighted by Gasteiger charge is -2.21. The van der Waals surface area contributed by atoms with Gasteiger partial charge in [0.1, 0.15) is 0 Å². The van der Waals surface area contributed by atoms with Gasteiger partial charge in [0.25, 0.3) is 20.2 Å². The summed E-state index contributed by atoms with van der Waals surface area (Å²) in [4.78, 5) is -0.386. The van der Waals surface area contributed by atoms with E-state index in [1.165, 1.54) is 24.3 Å². The van der Waals surface area contributed by atoms with Gasteiger partial charge in [-0.2, -0.15) is 16.8 Å². The molecule has 8 heteroatoms. The minimum Gasteiger partial charge on any atom is -0.282 e. The number of hydrogen-bond donors (Lipinski definition) is 2. The van der Waals surface area contributed by atoms with Gasteiger partial charge >= 0.3 is 0 Å². The van der Waals surface area contributed by atoms with E-state index in [1.807, 2.05) is 72.8 Å². The van der Waals surface area contributed by atoms with Gasteiger partial charge in [-0.05, 0) is 68.8 Å². The molecule has 0 aromatic heterocycles. The normalized spacial score (nSPS) is 11.8. The maximum absolute atomic E-state index is 11.6. The summed E-state index contributed by atoms with van der Waals surface area (Å²) in [7, 11) is -8.67. The molecule has 0 aliphatic carbocycles. The number of rotatable bonds is 6. The molecule has 0 saturated carbocycles. The van der Waals surface area contributed by atoms with Crippen LogP contribution in [0.5, 0.6) is 0 Å². The molecule has 0 heterocycles. The van der Waals surface area contributed by atoms with Crippen LogP contribution in [0.2, 0.25) is 0 Å². The molecule has 0 spiro atoms. The molecular weight excluding hydrogens is 520 g/mol. The van der Waals surface area contributed by atoms with Gasteiger partial charge in [-0.1, -0.05) is 97.1 Å². The average Bonchev–Trinajstić information content (AvgIpc) is 2.92. The Hall–Kier alpha value is -4.08. The Balaban J connectivity index is 1.83. The maximum Gasteiger partial charge on any atom is 0.294 e. The molecule has 0 radical (unpaired) electrons. The molecular formula is C30H22O6S2. The minimum atomic E-state index is -4.33. The smallest absolute Gasteiger partial charge is 0.282 e. The second-order valence-electron chi connectivity index (χ2n) is 8.64. The van der Waals surface area contributed by atoms with Crippen LogP contribution in [0.25, 0.3) is 44.5 Å². The summed E-state index contributed by atoms with van der Waals surface area (Å²) < 4.78 is 65.2. The van der Waals surface area contributed by atoms with Crippen LogP contribution in [0.1, 0.15) is 0 Å². The fourth-order valence-corrected chi connectivity index (χ4v) is 5.47. The largest absolute Gasteiger partial charge is 0.294 e. The third kappa shape index (κ3) is 5.16. The van der Waals surface area contributed by atoms with Crippen molar-refractivity contribution in [1.82, 2.24) is 0 Å². The highest BCUT2D eigenvalue weighted by Gasteiger charge is 2.20. The minimum absolute atomic E-state index is 0.193. The number of hydrogen-bond acceptors (Lipinski definition) is 4. The molecule has 0 aliphatic heterocycles. The Morgan fingerprint density at radius 1 is 0.368 bits per heavy atom. The molecule has 0 saturated heterocycles. The topological polar surface area (TPSA) is 109 Å². The first-order valence-electron chi connectivity index (χ1n) is 11.6. The Morgan fingerprint density at radius 2 is 0.684 bits per heavy atom. The highest BCUT2D eigenvalue weighted by atomic mass is 32.2. The first-order chi connectivity index (χ1) is 18.1. The lowest BCUT2D eigenvalue weighted by molar-refractivity contribution is 0.481. The lowest BCUT2D eigenvalue weighted by Crippen LogP contribution is -1.99. The molecule has 190 valence electrons. The van der Waals surface area contributed by atoms with E-state index in [0.29, 0.717) is 0 Å². The van der Waals surface area contributed by atoms with Gasteiger partial charge in [-0.3, -0.25) is 9.11 Å². The predicted octanol–water partition coefficient (Wildman–Crippen LogP) is 6.85. The van der Waals surface area contributed by atoms with E-state index in [9.17, 15) is 25.9 Å². The van der Waals surface area contributed by atoms with Crippen LogP contribution in [0, 0.1) is 0 Å². The molecule has 2 N–H and O–H groups in total. The van der Waals surface area contributed by atoms with E-state index in [-0.39, 0.29) is 9.79 Å².